The number of halogens is 1. The molecule has 0 bridgehead atoms. The highest BCUT2D eigenvalue weighted by molar-refractivity contribution is 5.93. The van der Waals surface area contributed by atoms with Gasteiger partial charge in [0.25, 0.3) is 0 Å². The van der Waals surface area contributed by atoms with Crippen LogP contribution in [0.1, 0.15) is 43.7 Å². The molecule has 2 aromatic carbocycles. The lowest BCUT2D eigenvalue weighted by Gasteiger charge is -2.39. The van der Waals surface area contributed by atoms with Crippen LogP contribution >= 0.6 is 12.4 Å². The first-order valence-corrected chi connectivity index (χ1v) is 10.6. The molecular formula is C25H31ClN2O. The molecule has 2 aromatic rings. The number of amides is 1. The van der Waals surface area contributed by atoms with E-state index in [4.69, 9.17) is 0 Å². The summed E-state index contributed by atoms with van der Waals surface area (Å²) < 4.78 is 0. The van der Waals surface area contributed by atoms with Crippen LogP contribution in [0.25, 0.3) is 6.08 Å². The zero-order chi connectivity index (χ0) is 19.4. The van der Waals surface area contributed by atoms with Gasteiger partial charge in [-0.25, -0.2) is 0 Å². The van der Waals surface area contributed by atoms with Gasteiger partial charge in [-0.05, 0) is 62.2 Å². The van der Waals surface area contributed by atoms with Gasteiger partial charge in [-0.2, -0.15) is 0 Å². The lowest BCUT2D eigenvalue weighted by Crippen LogP contribution is -2.42. The molecular weight excluding hydrogens is 380 g/mol. The largest absolute Gasteiger partial charge is 0.312 e. The first-order valence-electron chi connectivity index (χ1n) is 10.6. The first kappa shape index (κ1) is 21.6. The minimum absolute atomic E-state index is 0. The summed E-state index contributed by atoms with van der Waals surface area (Å²) in [5, 5.41) is 0. The van der Waals surface area contributed by atoms with Crippen molar-refractivity contribution in [2.45, 2.75) is 38.0 Å². The molecule has 0 aromatic heterocycles. The smallest absolute Gasteiger partial charge is 0.226 e. The molecule has 2 aliphatic rings. The third-order valence-electron chi connectivity index (χ3n) is 6.35. The lowest BCUT2D eigenvalue weighted by molar-refractivity contribution is -0.118. The fourth-order valence-corrected chi connectivity index (χ4v) is 4.70. The molecule has 3 nitrogen and oxygen atoms in total. The molecule has 0 radical (unpaired) electrons. The summed E-state index contributed by atoms with van der Waals surface area (Å²) in [7, 11) is 0. The number of rotatable bonds is 6. The van der Waals surface area contributed by atoms with Gasteiger partial charge >= 0.3 is 0 Å². The summed E-state index contributed by atoms with van der Waals surface area (Å²) in [5.41, 5.74) is 4.17. The quantitative estimate of drug-likeness (QED) is 0.644. The molecule has 4 heteroatoms. The first-order chi connectivity index (χ1) is 13.7. The molecule has 1 saturated heterocycles. The van der Waals surface area contributed by atoms with E-state index in [0.717, 1.165) is 38.3 Å². The van der Waals surface area contributed by atoms with E-state index in [1.54, 1.807) is 0 Å². The van der Waals surface area contributed by atoms with Crippen molar-refractivity contribution in [1.82, 2.24) is 4.90 Å². The highest BCUT2D eigenvalue weighted by Gasteiger charge is 2.37. The van der Waals surface area contributed by atoms with Gasteiger partial charge in [-0.3, -0.25) is 4.79 Å². The van der Waals surface area contributed by atoms with Crippen LogP contribution < -0.4 is 4.90 Å². The molecule has 0 unspecified atom stereocenters. The lowest BCUT2D eigenvalue weighted by atomic mass is 9.74. The van der Waals surface area contributed by atoms with Gasteiger partial charge in [-0.15, -0.1) is 12.4 Å². The minimum Gasteiger partial charge on any atom is -0.312 e. The van der Waals surface area contributed by atoms with Crippen LogP contribution in [0.2, 0.25) is 0 Å². The van der Waals surface area contributed by atoms with Gasteiger partial charge in [0.1, 0.15) is 0 Å². The van der Waals surface area contributed by atoms with Crippen LogP contribution in [0, 0.1) is 0 Å². The Kier molecular flexibility index (Phi) is 7.15. The number of para-hydroxylation sites is 1. The Morgan fingerprint density at radius 1 is 1.03 bits per heavy atom. The maximum atomic E-state index is 12.4. The molecule has 154 valence electrons. The number of nitrogens with zero attached hydrogens (tertiary/aromatic N) is 2. The average molecular weight is 411 g/mol. The zero-order valence-electron chi connectivity index (χ0n) is 17.2. The van der Waals surface area contributed by atoms with Gasteiger partial charge in [0.2, 0.25) is 5.91 Å². The monoisotopic (exact) mass is 410 g/mol. The third kappa shape index (κ3) is 4.57. The van der Waals surface area contributed by atoms with E-state index in [1.165, 1.54) is 24.0 Å². The summed E-state index contributed by atoms with van der Waals surface area (Å²) in [4.78, 5) is 16.9. The Morgan fingerprint density at radius 2 is 1.72 bits per heavy atom. The van der Waals surface area contributed by atoms with Crippen molar-refractivity contribution >= 4 is 30.1 Å². The average Bonchev–Trinajstić information content (AvgIpc) is 3.11. The summed E-state index contributed by atoms with van der Waals surface area (Å²) in [6.45, 7) is 6.05. The Hall–Kier alpha value is -2.10. The van der Waals surface area contributed by atoms with Crippen molar-refractivity contribution in [3.8, 4) is 0 Å². The normalized spacial score (nSPS) is 17.0. The van der Waals surface area contributed by atoms with Gasteiger partial charge in [0, 0.05) is 24.1 Å². The summed E-state index contributed by atoms with van der Waals surface area (Å²) in [6, 6.07) is 18.9. The molecule has 4 rings (SSSR count). The Morgan fingerprint density at radius 3 is 2.45 bits per heavy atom. The number of likely N-dealkylation sites (tertiary alicyclic amines) is 1. The molecule has 29 heavy (non-hydrogen) atoms. The standard InChI is InChI=1S/C25H30N2O.ClH/c1-2-24(28)27(22-10-4-3-5-11-22)18-8-17-26-19-15-25(16-20-26)14-13-21-9-6-7-12-23(21)25;/h3-7,9-14H,2,8,15-20H2,1H3;1H. The second kappa shape index (κ2) is 9.60. The molecule has 1 fully saturated rings. The molecule has 1 heterocycles. The molecule has 1 amide bonds. The van der Waals surface area contributed by atoms with Crippen LogP contribution in [-0.4, -0.2) is 37.0 Å². The third-order valence-corrected chi connectivity index (χ3v) is 6.35. The second-order valence-corrected chi connectivity index (χ2v) is 8.01. The maximum Gasteiger partial charge on any atom is 0.226 e. The fourth-order valence-electron chi connectivity index (χ4n) is 4.70. The van der Waals surface area contributed by atoms with Crippen LogP contribution in [0.5, 0.6) is 0 Å². The highest BCUT2D eigenvalue weighted by Crippen LogP contribution is 2.43. The molecule has 1 aliphatic carbocycles. The van der Waals surface area contributed by atoms with Crippen LogP contribution in [-0.2, 0) is 10.2 Å². The van der Waals surface area contributed by atoms with Crippen LogP contribution in [0.3, 0.4) is 0 Å². The number of allylic oxidation sites excluding steroid dienone is 1. The highest BCUT2D eigenvalue weighted by atomic mass is 35.5. The number of fused-ring (bicyclic) bond motifs is 2. The summed E-state index contributed by atoms with van der Waals surface area (Å²) in [6.07, 6.45) is 8.69. The Labute approximate surface area is 180 Å². The Bertz CT molecular complexity index is 841. The number of carbonyl (C=O) groups is 1. The van der Waals surface area contributed by atoms with E-state index in [9.17, 15) is 4.79 Å². The van der Waals surface area contributed by atoms with Crippen molar-refractivity contribution in [2.24, 2.45) is 0 Å². The summed E-state index contributed by atoms with van der Waals surface area (Å²) >= 11 is 0. The molecule has 0 saturated carbocycles. The zero-order valence-corrected chi connectivity index (χ0v) is 18.0. The van der Waals surface area contributed by atoms with E-state index in [1.807, 2.05) is 42.2 Å². The number of benzene rings is 2. The van der Waals surface area contributed by atoms with Crippen LogP contribution in [0.15, 0.2) is 60.7 Å². The van der Waals surface area contributed by atoms with Crippen molar-refractivity contribution in [1.29, 1.82) is 0 Å². The van der Waals surface area contributed by atoms with E-state index >= 15 is 0 Å². The molecule has 0 atom stereocenters. The number of carbonyl (C=O) groups excluding carboxylic acids is 1. The van der Waals surface area contributed by atoms with E-state index in [-0.39, 0.29) is 23.7 Å². The predicted molar refractivity (Wildman–Crippen MR) is 124 cm³/mol. The number of hydrogen-bond acceptors (Lipinski definition) is 2. The number of piperidine rings is 1. The van der Waals surface area contributed by atoms with E-state index in [0.29, 0.717) is 6.42 Å². The minimum atomic E-state index is 0. The van der Waals surface area contributed by atoms with Gasteiger partial charge in [-0.1, -0.05) is 61.5 Å². The molecule has 1 aliphatic heterocycles. The van der Waals surface area contributed by atoms with Crippen molar-refractivity contribution in [3.05, 3.63) is 71.8 Å². The topological polar surface area (TPSA) is 23.6 Å². The maximum absolute atomic E-state index is 12.4. The SMILES string of the molecule is CCC(=O)N(CCCN1CCC2(C=Cc3ccccc32)CC1)c1ccccc1.Cl. The van der Waals surface area contributed by atoms with Crippen molar-refractivity contribution in [2.75, 3.05) is 31.1 Å². The van der Waals surface area contributed by atoms with Crippen LogP contribution in [0.4, 0.5) is 5.69 Å². The summed E-state index contributed by atoms with van der Waals surface area (Å²) in [5.74, 6) is 0.205. The number of anilines is 1. The van der Waals surface area contributed by atoms with E-state index < -0.39 is 0 Å². The molecule has 0 N–H and O–H groups in total. The Balaban J connectivity index is 0.00000240. The van der Waals surface area contributed by atoms with E-state index in [2.05, 4.69) is 41.3 Å². The van der Waals surface area contributed by atoms with Crippen molar-refractivity contribution in [3.63, 3.8) is 0 Å². The van der Waals surface area contributed by atoms with Crippen molar-refractivity contribution < 1.29 is 4.79 Å². The van der Waals surface area contributed by atoms with Gasteiger partial charge in [0.05, 0.1) is 0 Å². The second-order valence-electron chi connectivity index (χ2n) is 8.01. The van der Waals surface area contributed by atoms with Gasteiger partial charge in [0.15, 0.2) is 0 Å². The fraction of sp³-hybridized carbons (Fsp3) is 0.400. The predicted octanol–water partition coefficient (Wildman–Crippen LogP) is 5.30. The number of hydrogen-bond donors (Lipinski definition) is 0. The van der Waals surface area contributed by atoms with Gasteiger partial charge < -0.3 is 9.80 Å². The molecule has 1 spiro atoms.